The zero-order chi connectivity index (χ0) is 13.9. The van der Waals surface area contributed by atoms with Crippen molar-refractivity contribution in [2.24, 2.45) is 5.73 Å². The molecule has 1 saturated carbocycles. The summed E-state index contributed by atoms with van der Waals surface area (Å²) in [6.45, 7) is -0.483. The number of hydrogen-bond acceptors (Lipinski definition) is 3. The van der Waals surface area contributed by atoms with Crippen LogP contribution in [-0.2, 0) is 11.3 Å². The van der Waals surface area contributed by atoms with Gasteiger partial charge in [-0.1, -0.05) is 19.3 Å². The summed E-state index contributed by atoms with van der Waals surface area (Å²) in [7, 11) is 0. The third kappa shape index (κ3) is 3.50. The molecule has 1 heterocycles. The Labute approximate surface area is 110 Å². The molecule has 5 nitrogen and oxygen atoms in total. The molecule has 0 aromatic carbocycles. The molecule has 1 aliphatic carbocycles. The van der Waals surface area contributed by atoms with Crippen LogP contribution >= 0.6 is 0 Å². The van der Waals surface area contributed by atoms with Gasteiger partial charge in [0.1, 0.15) is 6.54 Å². The number of alkyl halides is 2. The molecule has 1 aromatic heterocycles. The fourth-order valence-corrected chi connectivity index (χ4v) is 2.33. The molecule has 3 N–H and O–H groups in total. The molecule has 19 heavy (non-hydrogen) atoms. The van der Waals surface area contributed by atoms with Crippen molar-refractivity contribution >= 4 is 11.6 Å². The molecule has 0 aliphatic heterocycles. The Kier molecular flexibility index (Phi) is 4.14. The van der Waals surface area contributed by atoms with Crippen LogP contribution in [0.5, 0.6) is 0 Å². The molecule has 0 radical (unpaired) electrons. The number of hydrogen-bond donors (Lipinski definition) is 2. The molecule has 106 valence electrons. The highest BCUT2D eigenvalue weighted by atomic mass is 19.3. The maximum Gasteiger partial charge on any atom is 0.257 e. The van der Waals surface area contributed by atoms with Crippen LogP contribution in [0.3, 0.4) is 0 Å². The summed E-state index contributed by atoms with van der Waals surface area (Å²) in [5.74, 6) is -0.260. The van der Waals surface area contributed by atoms with E-state index in [2.05, 4.69) is 10.4 Å². The van der Waals surface area contributed by atoms with Crippen molar-refractivity contribution in [1.29, 1.82) is 0 Å². The lowest BCUT2D eigenvalue weighted by Gasteiger charge is -2.31. The third-order valence-electron chi connectivity index (χ3n) is 3.41. The van der Waals surface area contributed by atoms with Gasteiger partial charge in [0, 0.05) is 6.20 Å². The van der Waals surface area contributed by atoms with Gasteiger partial charge in [0.05, 0.1) is 17.4 Å². The molecular formula is C12H18F2N4O. The van der Waals surface area contributed by atoms with E-state index in [1.807, 2.05) is 0 Å². The summed E-state index contributed by atoms with van der Waals surface area (Å²) in [5, 5.41) is 6.41. The number of carbonyl (C=O) groups excluding carboxylic acids is 1. The predicted octanol–water partition coefficient (Wildman–Crippen LogP) is 1.75. The quantitative estimate of drug-likeness (QED) is 0.877. The maximum atomic E-state index is 12.2. The zero-order valence-electron chi connectivity index (χ0n) is 10.6. The highest BCUT2D eigenvalue weighted by Crippen LogP contribution is 2.27. The van der Waals surface area contributed by atoms with Crippen molar-refractivity contribution in [3.05, 3.63) is 12.4 Å². The first-order chi connectivity index (χ1) is 8.99. The molecule has 1 aromatic rings. The van der Waals surface area contributed by atoms with Gasteiger partial charge in [-0.3, -0.25) is 9.48 Å². The van der Waals surface area contributed by atoms with Crippen LogP contribution in [0.1, 0.15) is 32.1 Å². The molecule has 1 aliphatic rings. The molecule has 7 heteroatoms. The van der Waals surface area contributed by atoms with Crippen molar-refractivity contribution in [1.82, 2.24) is 9.78 Å². The topological polar surface area (TPSA) is 72.9 Å². The van der Waals surface area contributed by atoms with E-state index in [4.69, 9.17) is 5.73 Å². The van der Waals surface area contributed by atoms with Crippen molar-refractivity contribution in [3.63, 3.8) is 0 Å². The standard InChI is InChI=1S/C12H18F2N4O/c13-10(14)8-18-7-9(6-16-18)17-11(19)12(15)4-2-1-3-5-12/h6-7,10H,1-5,8,15H2,(H,17,19). The van der Waals surface area contributed by atoms with Gasteiger partial charge in [-0.25, -0.2) is 8.78 Å². The van der Waals surface area contributed by atoms with Crippen molar-refractivity contribution in [2.45, 2.75) is 50.6 Å². The van der Waals surface area contributed by atoms with Crippen LogP contribution < -0.4 is 11.1 Å². The first-order valence-electron chi connectivity index (χ1n) is 6.40. The number of carbonyl (C=O) groups is 1. The second kappa shape index (κ2) is 5.64. The number of halogens is 2. The number of anilines is 1. The Bertz CT molecular complexity index is 441. The Hall–Kier alpha value is -1.50. The Morgan fingerprint density at radius 2 is 2.16 bits per heavy atom. The minimum atomic E-state index is -2.47. The highest BCUT2D eigenvalue weighted by Gasteiger charge is 2.35. The molecule has 0 bridgehead atoms. The highest BCUT2D eigenvalue weighted by molar-refractivity contribution is 5.97. The van der Waals surface area contributed by atoms with E-state index >= 15 is 0 Å². The maximum absolute atomic E-state index is 12.2. The average Bonchev–Trinajstić information content (AvgIpc) is 2.76. The fraction of sp³-hybridized carbons (Fsp3) is 0.667. The largest absolute Gasteiger partial charge is 0.322 e. The molecule has 0 atom stereocenters. The Balaban J connectivity index is 1.96. The summed E-state index contributed by atoms with van der Waals surface area (Å²) < 4.78 is 25.5. The average molecular weight is 272 g/mol. The Morgan fingerprint density at radius 1 is 1.47 bits per heavy atom. The Morgan fingerprint density at radius 3 is 2.79 bits per heavy atom. The smallest absolute Gasteiger partial charge is 0.257 e. The molecule has 1 fully saturated rings. The van der Waals surface area contributed by atoms with Gasteiger partial charge in [0.15, 0.2) is 0 Å². The van der Waals surface area contributed by atoms with E-state index in [-0.39, 0.29) is 5.91 Å². The second-order valence-electron chi connectivity index (χ2n) is 5.01. The summed E-state index contributed by atoms with van der Waals surface area (Å²) in [6.07, 6.45) is 4.56. The lowest BCUT2D eigenvalue weighted by atomic mass is 9.82. The van der Waals surface area contributed by atoms with E-state index < -0.39 is 18.5 Å². The van der Waals surface area contributed by atoms with Gasteiger partial charge in [-0.05, 0) is 12.8 Å². The number of nitrogens with two attached hydrogens (primary N) is 1. The van der Waals surface area contributed by atoms with Gasteiger partial charge in [0.25, 0.3) is 6.43 Å². The van der Waals surface area contributed by atoms with Crippen LogP contribution in [0, 0.1) is 0 Å². The molecule has 0 spiro atoms. The van der Waals surface area contributed by atoms with E-state index in [0.29, 0.717) is 18.5 Å². The van der Waals surface area contributed by atoms with Crippen molar-refractivity contribution in [2.75, 3.05) is 5.32 Å². The molecule has 0 unspecified atom stereocenters. The lowest BCUT2D eigenvalue weighted by Crippen LogP contribution is -2.52. The van der Waals surface area contributed by atoms with Gasteiger partial charge in [-0.2, -0.15) is 5.10 Å². The summed E-state index contributed by atoms with van der Waals surface area (Å²) in [5.41, 5.74) is 5.64. The number of aromatic nitrogens is 2. The molecule has 2 rings (SSSR count). The summed E-state index contributed by atoms with van der Waals surface area (Å²) in [6, 6.07) is 0. The van der Waals surface area contributed by atoms with Crippen LogP contribution in [0.25, 0.3) is 0 Å². The lowest BCUT2D eigenvalue weighted by molar-refractivity contribution is -0.122. The first-order valence-corrected chi connectivity index (χ1v) is 6.40. The zero-order valence-corrected chi connectivity index (χ0v) is 10.6. The second-order valence-corrected chi connectivity index (χ2v) is 5.01. The number of nitrogens with one attached hydrogen (secondary N) is 1. The van der Waals surface area contributed by atoms with Crippen LogP contribution in [-0.4, -0.2) is 27.7 Å². The van der Waals surface area contributed by atoms with E-state index in [1.165, 1.54) is 12.4 Å². The van der Waals surface area contributed by atoms with Crippen molar-refractivity contribution in [3.8, 4) is 0 Å². The SMILES string of the molecule is NC1(C(=O)Nc2cnn(CC(F)F)c2)CCCCC1. The van der Waals surface area contributed by atoms with Crippen LogP contribution in [0.2, 0.25) is 0 Å². The first kappa shape index (κ1) is 13.9. The van der Waals surface area contributed by atoms with Gasteiger partial charge < -0.3 is 11.1 Å². The van der Waals surface area contributed by atoms with Crippen LogP contribution in [0.15, 0.2) is 12.4 Å². The normalized spacial score (nSPS) is 18.5. The van der Waals surface area contributed by atoms with Crippen molar-refractivity contribution < 1.29 is 13.6 Å². The van der Waals surface area contributed by atoms with Gasteiger partial charge in [-0.15, -0.1) is 0 Å². The van der Waals surface area contributed by atoms with Crippen LogP contribution in [0.4, 0.5) is 14.5 Å². The third-order valence-corrected chi connectivity index (χ3v) is 3.41. The predicted molar refractivity (Wildman–Crippen MR) is 66.9 cm³/mol. The summed E-state index contributed by atoms with van der Waals surface area (Å²) >= 11 is 0. The number of amides is 1. The minimum absolute atomic E-state index is 0.260. The minimum Gasteiger partial charge on any atom is -0.322 e. The summed E-state index contributed by atoms with van der Waals surface area (Å²) in [4.78, 5) is 12.1. The van der Waals surface area contributed by atoms with E-state index in [1.54, 1.807) is 0 Å². The monoisotopic (exact) mass is 272 g/mol. The number of rotatable bonds is 4. The molecule has 0 saturated heterocycles. The fourth-order valence-electron chi connectivity index (χ4n) is 2.33. The molecular weight excluding hydrogens is 254 g/mol. The van der Waals surface area contributed by atoms with Gasteiger partial charge in [0.2, 0.25) is 5.91 Å². The van der Waals surface area contributed by atoms with E-state index in [0.717, 1.165) is 23.9 Å². The van der Waals surface area contributed by atoms with Gasteiger partial charge >= 0.3 is 0 Å². The van der Waals surface area contributed by atoms with E-state index in [9.17, 15) is 13.6 Å². The molecule has 1 amide bonds. The number of nitrogens with zero attached hydrogens (tertiary/aromatic N) is 2.